The van der Waals surface area contributed by atoms with Gasteiger partial charge >= 0.3 is 0 Å². The maximum Gasteiger partial charge on any atom is 0.126 e. The molecule has 0 saturated carbocycles. The van der Waals surface area contributed by atoms with E-state index in [1.54, 1.807) is 6.26 Å². The lowest BCUT2D eigenvalue weighted by Crippen LogP contribution is -1.68. The summed E-state index contributed by atoms with van der Waals surface area (Å²) >= 11 is 0. The maximum absolute atomic E-state index is 5.16. The lowest BCUT2D eigenvalue weighted by atomic mass is 10.2. The van der Waals surface area contributed by atoms with Crippen molar-refractivity contribution in [3.63, 3.8) is 0 Å². The lowest BCUT2D eigenvalue weighted by molar-refractivity contribution is 0.557. The molecule has 0 atom stereocenters. The second-order valence-electron chi connectivity index (χ2n) is 2.68. The van der Waals surface area contributed by atoms with Crippen LogP contribution in [0.2, 0.25) is 0 Å². The van der Waals surface area contributed by atoms with E-state index in [9.17, 15) is 0 Å². The number of benzene rings is 1. The first-order valence-corrected chi connectivity index (χ1v) is 4.13. The normalized spacial score (nSPS) is 10.8. The van der Waals surface area contributed by atoms with E-state index >= 15 is 0 Å². The average Bonchev–Trinajstić information content (AvgIpc) is 2.69. The molecule has 1 nitrogen and oxygen atoms in total. The largest absolute Gasteiger partial charge is 0.465 e. The smallest absolute Gasteiger partial charge is 0.126 e. The average molecular weight is 169 g/mol. The molecular weight excluding hydrogens is 160 g/mol. The van der Waals surface area contributed by atoms with Gasteiger partial charge in [0.15, 0.2) is 0 Å². The van der Waals surface area contributed by atoms with Crippen LogP contribution in [0.4, 0.5) is 0 Å². The highest BCUT2D eigenvalue weighted by molar-refractivity contribution is 5.66. The second-order valence-corrected chi connectivity index (χ2v) is 2.68. The van der Waals surface area contributed by atoms with Gasteiger partial charge < -0.3 is 4.42 Å². The predicted octanol–water partition coefficient (Wildman–Crippen LogP) is 3.25. The molecule has 0 amide bonds. The van der Waals surface area contributed by atoms with E-state index in [1.165, 1.54) is 0 Å². The van der Waals surface area contributed by atoms with Gasteiger partial charge in [0.25, 0.3) is 0 Å². The van der Waals surface area contributed by atoms with E-state index in [2.05, 4.69) is 6.07 Å². The van der Waals surface area contributed by atoms with Crippen LogP contribution in [-0.2, 0) is 0 Å². The summed E-state index contributed by atoms with van der Waals surface area (Å²) in [5, 5.41) is 0. The summed E-state index contributed by atoms with van der Waals surface area (Å²) in [6.45, 7) is 0. The number of rotatable bonds is 2. The van der Waals surface area contributed by atoms with Crippen LogP contribution in [0.25, 0.3) is 12.2 Å². The molecule has 0 unspecified atom stereocenters. The van der Waals surface area contributed by atoms with Crippen LogP contribution >= 0.6 is 0 Å². The predicted molar refractivity (Wildman–Crippen MR) is 52.9 cm³/mol. The van der Waals surface area contributed by atoms with Gasteiger partial charge in [-0.3, -0.25) is 0 Å². The number of hydrogen-bond donors (Lipinski definition) is 0. The zero-order chi connectivity index (χ0) is 8.93. The Morgan fingerprint density at radius 1 is 1.08 bits per heavy atom. The van der Waals surface area contributed by atoms with Gasteiger partial charge in [-0.2, -0.15) is 0 Å². The van der Waals surface area contributed by atoms with Crippen molar-refractivity contribution in [1.29, 1.82) is 0 Å². The van der Waals surface area contributed by atoms with Gasteiger partial charge in [0.1, 0.15) is 5.76 Å². The number of furan rings is 1. The fraction of sp³-hybridized carbons (Fsp3) is 0. The third kappa shape index (κ3) is 2.09. The summed E-state index contributed by atoms with van der Waals surface area (Å²) in [5.74, 6) is 0.868. The SMILES string of the molecule is [c]1ccc(/C=C/c2ccco2)cc1. The quantitative estimate of drug-likeness (QED) is 0.672. The third-order valence-electron chi connectivity index (χ3n) is 1.73. The molecule has 0 spiro atoms. The molecule has 0 aliphatic heterocycles. The molecule has 2 aromatic rings. The fourth-order valence-corrected chi connectivity index (χ4v) is 1.08. The summed E-state index contributed by atoms with van der Waals surface area (Å²) in [7, 11) is 0. The fourth-order valence-electron chi connectivity index (χ4n) is 1.08. The molecule has 63 valence electrons. The van der Waals surface area contributed by atoms with E-state index < -0.39 is 0 Å². The molecule has 1 heteroatoms. The van der Waals surface area contributed by atoms with Gasteiger partial charge in [-0.25, -0.2) is 0 Å². The minimum Gasteiger partial charge on any atom is -0.465 e. The molecule has 0 saturated heterocycles. The van der Waals surface area contributed by atoms with Gasteiger partial charge in [-0.1, -0.05) is 30.3 Å². The molecule has 0 aliphatic rings. The Kier molecular flexibility index (Phi) is 2.28. The Balaban J connectivity index is 2.15. The Morgan fingerprint density at radius 3 is 2.62 bits per heavy atom. The molecule has 0 N–H and O–H groups in total. The Morgan fingerprint density at radius 2 is 1.92 bits per heavy atom. The molecule has 2 rings (SSSR count). The molecule has 0 fully saturated rings. The highest BCUT2D eigenvalue weighted by Crippen LogP contribution is 2.07. The summed E-state index contributed by atoms with van der Waals surface area (Å²) in [6, 6.07) is 14.5. The minimum atomic E-state index is 0.868. The first kappa shape index (κ1) is 7.87. The summed E-state index contributed by atoms with van der Waals surface area (Å²) in [4.78, 5) is 0. The van der Waals surface area contributed by atoms with Gasteiger partial charge in [-0.15, -0.1) is 0 Å². The van der Waals surface area contributed by atoms with Crippen LogP contribution in [-0.4, -0.2) is 0 Å². The van der Waals surface area contributed by atoms with Crippen LogP contribution < -0.4 is 0 Å². The van der Waals surface area contributed by atoms with Crippen LogP contribution in [0.3, 0.4) is 0 Å². The topological polar surface area (TPSA) is 13.1 Å². The first-order valence-electron chi connectivity index (χ1n) is 4.13. The lowest BCUT2D eigenvalue weighted by Gasteiger charge is -1.89. The van der Waals surface area contributed by atoms with E-state index in [1.807, 2.05) is 48.6 Å². The van der Waals surface area contributed by atoms with Gasteiger partial charge in [0, 0.05) is 0 Å². The Labute approximate surface area is 77.3 Å². The van der Waals surface area contributed by atoms with Crippen molar-refractivity contribution in [3.05, 3.63) is 60.1 Å². The van der Waals surface area contributed by atoms with Crippen LogP contribution in [0, 0.1) is 6.07 Å². The molecule has 1 aromatic carbocycles. The standard InChI is InChI=1S/C12H9O/c1-2-5-11(6-3-1)8-9-12-7-4-10-13-12/h2-10H/b9-8+. The third-order valence-corrected chi connectivity index (χ3v) is 1.73. The second kappa shape index (κ2) is 3.76. The van der Waals surface area contributed by atoms with Gasteiger partial charge in [0.05, 0.1) is 6.26 Å². The Bertz CT molecular complexity index is 371. The minimum absolute atomic E-state index is 0.868. The van der Waals surface area contributed by atoms with Gasteiger partial charge in [-0.05, 0) is 29.8 Å². The zero-order valence-corrected chi connectivity index (χ0v) is 7.10. The molecule has 13 heavy (non-hydrogen) atoms. The van der Waals surface area contributed by atoms with Crippen LogP contribution in [0.15, 0.2) is 47.1 Å². The van der Waals surface area contributed by atoms with Crippen LogP contribution in [0.5, 0.6) is 0 Å². The Hall–Kier alpha value is -1.76. The maximum atomic E-state index is 5.16. The van der Waals surface area contributed by atoms with Crippen molar-refractivity contribution < 1.29 is 4.42 Å². The monoisotopic (exact) mass is 169 g/mol. The highest BCUT2D eigenvalue weighted by Gasteiger charge is 1.87. The van der Waals surface area contributed by atoms with Crippen molar-refractivity contribution >= 4 is 12.2 Å². The molecular formula is C12H9O. The highest BCUT2D eigenvalue weighted by atomic mass is 16.3. The molecule has 0 bridgehead atoms. The van der Waals surface area contributed by atoms with E-state index in [4.69, 9.17) is 4.42 Å². The summed E-state index contributed by atoms with van der Waals surface area (Å²) in [5.41, 5.74) is 1.15. The van der Waals surface area contributed by atoms with Gasteiger partial charge in [0.2, 0.25) is 0 Å². The van der Waals surface area contributed by atoms with Crippen molar-refractivity contribution in [2.24, 2.45) is 0 Å². The van der Waals surface area contributed by atoms with E-state index in [0.717, 1.165) is 11.3 Å². The van der Waals surface area contributed by atoms with Crippen molar-refractivity contribution in [2.45, 2.75) is 0 Å². The van der Waals surface area contributed by atoms with Crippen molar-refractivity contribution in [3.8, 4) is 0 Å². The molecule has 0 aliphatic carbocycles. The van der Waals surface area contributed by atoms with Crippen LogP contribution in [0.1, 0.15) is 11.3 Å². The molecule has 1 heterocycles. The zero-order valence-electron chi connectivity index (χ0n) is 7.10. The summed E-state index contributed by atoms with van der Waals surface area (Å²) in [6.07, 6.45) is 5.61. The molecule has 1 radical (unpaired) electrons. The summed E-state index contributed by atoms with van der Waals surface area (Å²) < 4.78 is 5.16. The molecule has 1 aromatic heterocycles. The first-order chi connectivity index (χ1) is 6.45. The van der Waals surface area contributed by atoms with E-state index in [-0.39, 0.29) is 0 Å². The number of hydrogen-bond acceptors (Lipinski definition) is 1. The van der Waals surface area contributed by atoms with E-state index in [0.29, 0.717) is 0 Å². The van der Waals surface area contributed by atoms with Crippen molar-refractivity contribution in [1.82, 2.24) is 0 Å². The van der Waals surface area contributed by atoms with Crippen molar-refractivity contribution in [2.75, 3.05) is 0 Å².